The van der Waals surface area contributed by atoms with Crippen molar-refractivity contribution in [2.75, 3.05) is 6.54 Å². The summed E-state index contributed by atoms with van der Waals surface area (Å²) in [7, 11) is 2.53. The van der Waals surface area contributed by atoms with Crippen molar-refractivity contribution in [3.63, 3.8) is 0 Å². The average Bonchev–Trinajstić information content (AvgIpc) is 2.02. The van der Waals surface area contributed by atoms with Crippen molar-refractivity contribution in [3.05, 3.63) is 0 Å². The van der Waals surface area contributed by atoms with Crippen molar-refractivity contribution < 1.29 is 0 Å². The van der Waals surface area contributed by atoms with Crippen molar-refractivity contribution >= 4 is 39.7 Å². The fourth-order valence-electron chi connectivity index (χ4n) is 0.500. The van der Waals surface area contributed by atoms with Gasteiger partial charge in [0.05, 0.1) is 20.8 Å². The predicted molar refractivity (Wildman–Crippen MR) is 69.2 cm³/mol. The maximum atomic E-state index is 2.40. The molecule has 0 aliphatic heterocycles. The van der Waals surface area contributed by atoms with Gasteiger partial charge in [0.25, 0.3) is 0 Å². The van der Waals surface area contributed by atoms with Crippen LogP contribution in [0.5, 0.6) is 0 Å². The van der Waals surface area contributed by atoms with Gasteiger partial charge < -0.3 is 4.23 Å². The van der Waals surface area contributed by atoms with E-state index >= 15 is 0 Å². The zero-order valence-electron chi connectivity index (χ0n) is 8.98. The van der Waals surface area contributed by atoms with Crippen molar-refractivity contribution in [2.45, 2.75) is 46.5 Å². The molecule has 0 aromatic heterocycles. The Labute approximate surface area is 96.9 Å². The van der Waals surface area contributed by atoms with E-state index in [4.69, 9.17) is 0 Å². The van der Waals surface area contributed by atoms with Crippen LogP contribution in [0.1, 0.15) is 46.5 Å². The third-order valence-corrected chi connectivity index (χ3v) is 2.85. The Kier molecular flexibility index (Phi) is 27.9. The van der Waals surface area contributed by atoms with Crippen LogP contribution in [0, 0.1) is 0 Å². The van der Waals surface area contributed by atoms with Crippen LogP contribution in [-0.2, 0) is 0 Å². The first-order valence-electron chi connectivity index (χ1n) is 4.83. The van der Waals surface area contributed by atoms with Gasteiger partial charge in [-0.2, -0.15) is 0 Å². The molecule has 0 aliphatic rings. The van der Waals surface area contributed by atoms with E-state index in [0.29, 0.717) is 0 Å². The molecule has 0 aliphatic carbocycles. The van der Waals surface area contributed by atoms with Crippen LogP contribution in [-0.4, -0.2) is 50.4 Å². The van der Waals surface area contributed by atoms with Gasteiger partial charge in [0.2, 0.25) is 0 Å². The molecular weight excluding hydrogens is 173 g/mol. The average molecular weight is 199 g/mol. The summed E-state index contributed by atoms with van der Waals surface area (Å²) in [5.41, 5.74) is 0. The molecule has 0 amide bonds. The number of rotatable bonds is 4. The van der Waals surface area contributed by atoms with Crippen molar-refractivity contribution in [2.24, 2.45) is 0 Å². The fraction of sp³-hybridized carbons (Fsp3) is 1.00. The van der Waals surface area contributed by atoms with E-state index in [9.17, 15) is 0 Å². The Hall–Kier alpha value is 0.991. The van der Waals surface area contributed by atoms with E-state index in [0.717, 1.165) is 0 Å². The summed E-state index contributed by atoms with van der Waals surface area (Å²) >= 11 is 0. The zero-order chi connectivity index (χ0) is 9.11. The third kappa shape index (κ3) is 30.6. The quantitative estimate of drug-likeness (QED) is 0.448. The Morgan fingerprint density at radius 1 is 0.917 bits per heavy atom. The van der Waals surface area contributed by atoms with Gasteiger partial charge in [0, 0.05) is 0 Å². The van der Waals surface area contributed by atoms with Crippen LogP contribution in [0.4, 0.5) is 0 Å². The molecule has 0 rings (SSSR count). The second-order valence-electron chi connectivity index (χ2n) is 3.10. The number of nitrogens with zero attached hydrogens (tertiary/aromatic N) is 1. The van der Waals surface area contributed by atoms with Crippen molar-refractivity contribution in [1.82, 2.24) is 4.23 Å². The van der Waals surface area contributed by atoms with Crippen LogP contribution in [0.3, 0.4) is 0 Å². The van der Waals surface area contributed by atoms with E-state index < -0.39 is 0 Å². The first kappa shape index (κ1) is 18.7. The van der Waals surface area contributed by atoms with Gasteiger partial charge in [-0.3, -0.25) is 0 Å². The molecule has 0 saturated heterocycles. The Balaban J connectivity index is -0.000000126. The van der Waals surface area contributed by atoms with Crippen LogP contribution < -0.4 is 0 Å². The molecule has 0 atom stereocenters. The van der Waals surface area contributed by atoms with Crippen LogP contribution in [0.15, 0.2) is 0 Å². The minimum absolute atomic E-state index is 0. The van der Waals surface area contributed by atoms with Crippen molar-refractivity contribution in [1.29, 1.82) is 0 Å². The Morgan fingerprint density at radius 2 is 1.17 bits per heavy atom. The molecule has 0 N–H and O–H groups in total. The Bertz CT molecular complexity index is 59.0. The summed E-state index contributed by atoms with van der Waals surface area (Å²) < 4.78 is 2.40. The molecule has 0 fully saturated rings. The molecular formula is C8H26LiNSi2. The molecule has 0 bridgehead atoms. The van der Waals surface area contributed by atoms with E-state index in [1.165, 1.54) is 53.0 Å². The molecule has 0 aromatic carbocycles. The third-order valence-electron chi connectivity index (χ3n) is 1.59. The van der Waals surface area contributed by atoms with Crippen molar-refractivity contribution in [3.8, 4) is 0 Å². The second-order valence-corrected chi connectivity index (χ2v) is 7.95. The zero-order valence-corrected chi connectivity index (χ0v) is 13.0. The van der Waals surface area contributed by atoms with Gasteiger partial charge in [0.15, 0.2) is 0 Å². The van der Waals surface area contributed by atoms with E-state index in [1.54, 1.807) is 0 Å². The summed E-state index contributed by atoms with van der Waals surface area (Å²) in [4.78, 5) is 0. The summed E-state index contributed by atoms with van der Waals surface area (Å²) in [5.74, 6) is 0. The summed E-state index contributed by atoms with van der Waals surface area (Å²) in [6.07, 6.45) is 5.54. The summed E-state index contributed by atoms with van der Waals surface area (Å²) in [6.45, 7) is 7.92. The molecule has 0 heterocycles. The van der Waals surface area contributed by atoms with E-state index in [2.05, 4.69) is 25.0 Å². The Morgan fingerprint density at radius 3 is 1.25 bits per heavy atom. The van der Waals surface area contributed by atoms with Gasteiger partial charge in [-0.05, 0) is 6.54 Å². The topological polar surface area (TPSA) is 3.24 Å². The molecule has 12 heavy (non-hydrogen) atoms. The minimum atomic E-state index is 0. The molecule has 0 radical (unpaired) electrons. The molecule has 0 unspecified atom stereocenters. The van der Waals surface area contributed by atoms with E-state index in [-0.39, 0.29) is 18.9 Å². The molecule has 0 aromatic rings. The number of hydrogen-bond acceptors (Lipinski definition) is 1. The molecule has 0 spiro atoms. The van der Waals surface area contributed by atoms with Gasteiger partial charge in [-0.25, -0.2) is 0 Å². The normalized spacial score (nSPS) is 9.00. The van der Waals surface area contributed by atoms with E-state index in [1.807, 2.05) is 0 Å². The molecule has 1 nitrogen and oxygen atoms in total. The summed E-state index contributed by atoms with van der Waals surface area (Å²) in [6, 6.07) is 0. The first-order valence-corrected chi connectivity index (χ1v) is 6.62. The second kappa shape index (κ2) is 17.9. The van der Waals surface area contributed by atoms with Crippen LogP contribution >= 0.6 is 0 Å². The van der Waals surface area contributed by atoms with Gasteiger partial charge >= 0.3 is 18.9 Å². The number of hydrogen-bond donors (Lipinski definition) is 0. The SMILES string of the molecule is CCCCCC.CCN([SiH3])[SiH3].[LiH]. The van der Waals surface area contributed by atoms with Gasteiger partial charge in [0.1, 0.15) is 0 Å². The molecule has 0 saturated carbocycles. The maximum absolute atomic E-state index is 2.40. The standard InChI is InChI=1S/C6H14.C2H11NSi2.Li.H/c1-3-5-6-4-2;1-2-3(4)5;;/h3-6H2,1-2H3;2H2,1,4-5H3;;. The predicted octanol–water partition coefficient (Wildman–Crippen LogP) is -0.193. The summed E-state index contributed by atoms with van der Waals surface area (Å²) in [5, 5.41) is 0. The monoisotopic (exact) mass is 199 g/mol. The van der Waals surface area contributed by atoms with Crippen LogP contribution in [0.2, 0.25) is 0 Å². The van der Waals surface area contributed by atoms with Crippen LogP contribution in [0.25, 0.3) is 0 Å². The number of unbranched alkanes of at least 4 members (excludes halogenated alkanes) is 3. The molecule has 72 valence electrons. The molecule has 4 heteroatoms. The fourth-order valence-corrected chi connectivity index (χ4v) is 0.500. The van der Waals surface area contributed by atoms with Gasteiger partial charge in [-0.1, -0.05) is 46.5 Å². The first-order chi connectivity index (χ1) is 5.18. The van der Waals surface area contributed by atoms with Gasteiger partial charge in [-0.15, -0.1) is 0 Å².